The van der Waals surface area contributed by atoms with Crippen LogP contribution in [0.5, 0.6) is 11.6 Å². The van der Waals surface area contributed by atoms with E-state index in [1.807, 2.05) is 12.1 Å². The third-order valence-electron chi connectivity index (χ3n) is 6.02. The second-order valence-corrected chi connectivity index (χ2v) is 7.75. The molecular weight excluding hydrogens is 326 g/mol. The van der Waals surface area contributed by atoms with Crippen molar-refractivity contribution in [2.75, 3.05) is 6.61 Å². The zero-order valence-corrected chi connectivity index (χ0v) is 14.9. The molecule has 0 aliphatic carbocycles. The van der Waals surface area contributed by atoms with Gasteiger partial charge in [-0.25, -0.2) is 4.98 Å². The van der Waals surface area contributed by atoms with E-state index < -0.39 is 0 Å². The lowest BCUT2D eigenvalue weighted by Crippen LogP contribution is -2.46. The Labute approximate surface area is 154 Å². The highest BCUT2D eigenvalue weighted by molar-refractivity contribution is 5.36. The van der Waals surface area contributed by atoms with Crippen molar-refractivity contribution >= 4 is 0 Å². The van der Waals surface area contributed by atoms with Gasteiger partial charge in [0.1, 0.15) is 6.61 Å². The predicted octanol–water partition coefficient (Wildman–Crippen LogP) is 3.05. The first-order chi connectivity index (χ1) is 12.8. The van der Waals surface area contributed by atoms with Crippen LogP contribution < -0.4 is 15.2 Å². The Bertz CT molecular complexity index is 765. The van der Waals surface area contributed by atoms with Crippen LogP contribution in [-0.2, 0) is 6.54 Å². The molecule has 3 aliphatic heterocycles. The minimum absolute atomic E-state index is 0.101. The molecule has 0 amide bonds. The highest BCUT2D eigenvalue weighted by atomic mass is 16.6. The second kappa shape index (κ2) is 6.56. The lowest BCUT2D eigenvalue weighted by molar-refractivity contribution is 0.0850. The molecule has 5 heteroatoms. The first-order valence-electron chi connectivity index (χ1n) is 9.61. The van der Waals surface area contributed by atoms with Crippen LogP contribution in [0, 0.1) is 0 Å². The number of benzene rings is 1. The van der Waals surface area contributed by atoms with E-state index in [0.29, 0.717) is 30.6 Å². The Hall–Kier alpha value is -2.11. The van der Waals surface area contributed by atoms with Crippen LogP contribution in [-0.4, -0.2) is 34.6 Å². The number of piperidine rings is 1. The maximum absolute atomic E-state index is 6.19. The van der Waals surface area contributed by atoms with Crippen molar-refractivity contribution in [2.45, 2.75) is 56.5 Å². The zero-order chi connectivity index (χ0) is 17.5. The molecule has 2 bridgehead atoms. The molecule has 1 unspecified atom stereocenters. The number of hydrogen-bond acceptors (Lipinski definition) is 5. The quantitative estimate of drug-likeness (QED) is 0.921. The largest absolute Gasteiger partial charge is 0.484 e. The predicted molar refractivity (Wildman–Crippen MR) is 99.1 cm³/mol. The number of rotatable bonds is 3. The molecule has 5 nitrogen and oxygen atoms in total. The van der Waals surface area contributed by atoms with Gasteiger partial charge in [0.05, 0.1) is 0 Å². The number of ether oxygens (including phenoxy) is 2. The van der Waals surface area contributed by atoms with E-state index >= 15 is 0 Å². The van der Waals surface area contributed by atoms with Crippen molar-refractivity contribution in [3.63, 3.8) is 0 Å². The fraction of sp³-hybridized carbons (Fsp3) is 0.476. The third-order valence-corrected chi connectivity index (χ3v) is 6.02. The van der Waals surface area contributed by atoms with Gasteiger partial charge in [0.15, 0.2) is 11.9 Å². The van der Waals surface area contributed by atoms with Crippen molar-refractivity contribution in [3.8, 4) is 11.6 Å². The number of nitrogens with two attached hydrogens (primary N) is 1. The number of hydrogen-bond donors (Lipinski definition) is 1. The van der Waals surface area contributed by atoms with E-state index in [0.717, 1.165) is 30.7 Å². The summed E-state index contributed by atoms with van der Waals surface area (Å²) in [4.78, 5) is 6.92. The fourth-order valence-corrected chi connectivity index (χ4v) is 4.70. The normalized spacial score (nSPS) is 30.3. The van der Waals surface area contributed by atoms with Crippen molar-refractivity contribution in [2.24, 2.45) is 5.73 Å². The van der Waals surface area contributed by atoms with Crippen LogP contribution in [0.3, 0.4) is 0 Å². The van der Waals surface area contributed by atoms with E-state index in [2.05, 4.69) is 34.1 Å². The Balaban J connectivity index is 1.27. The van der Waals surface area contributed by atoms with Gasteiger partial charge in [0, 0.05) is 30.9 Å². The van der Waals surface area contributed by atoms with Gasteiger partial charge in [-0.2, -0.15) is 0 Å². The van der Waals surface area contributed by atoms with Gasteiger partial charge in [0.25, 0.3) is 5.88 Å². The van der Waals surface area contributed by atoms with Gasteiger partial charge >= 0.3 is 0 Å². The van der Waals surface area contributed by atoms with Crippen LogP contribution in [0.2, 0.25) is 0 Å². The Kier molecular flexibility index (Phi) is 4.06. The molecule has 136 valence electrons. The molecule has 3 aliphatic rings. The van der Waals surface area contributed by atoms with E-state index in [1.165, 1.54) is 18.4 Å². The van der Waals surface area contributed by atoms with Crippen LogP contribution in [0.1, 0.15) is 42.9 Å². The highest BCUT2D eigenvalue weighted by Crippen LogP contribution is 2.37. The first kappa shape index (κ1) is 16.1. The average molecular weight is 351 g/mol. The molecule has 2 fully saturated rings. The number of aromatic nitrogens is 1. The van der Waals surface area contributed by atoms with Crippen molar-refractivity contribution in [1.29, 1.82) is 0 Å². The van der Waals surface area contributed by atoms with Crippen LogP contribution >= 0.6 is 0 Å². The molecule has 1 aromatic carbocycles. The van der Waals surface area contributed by atoms with Gasteiger partial charge in [-0.05, 0) is 48.9 Å². The molecule has 0 spiro atoms. The molecule has 4 heterocycles. The van der Waals surface area contributed by atoms with E-state index in [4.69, 9.17) is 15.2 Å². The molecule has 1 aromatic heterocycles. The highest BCUT2D eigenvalue weighted by Gasteiger charge is 2.39. The third kappa shape index (κ3) is 2.95. The Morgan fingerprint density at radius 2 is 1.85 bits per heavy atom. The van der Waals surface area contributed by atoms with Crippen LogP contribution in [0.15, 0.2) is 42.6 Å². The molecular formula is C21H25N3O2. The summed E-state index contributed by atoms with van der Waals surface area (Å²) in [5.74, 6) is 1.30. The van der Waals surface area contributed by atoms with Gasteiger partial charge in [-0.15, -0.1) is 0 Å². The van der Waals surface area contributed by atoms with Gasteiger partial charge in [-0.3, -0.25) is 4.90 Å². The fourth-order valence-electron chi connectivity index (χ4n) is 4.70. The molecule has 2 saturated heterocycles. The molecule has 0 radical (unpaired) electrons. The SMILES string of the molecule is NC1C[C@H]2CC[C@@H](C1)N2Cc1ccc([C@H]2COc3cccnc3O2)cc1. The monoisotopic (exact) mass is 351 g/mol. The molecule has 2 aromatic rings. The first-order valence-corrected chi connectivity index (χ1v) is 9.61. The standard InChI is InChI=1S/C21H25N3O2/c22-16-10-17-7-8-18(11-16)24(17)12-14-3-5-15(6-4-14)20-13-25-19-2-1-9-23-21(19)26-20/h1-6,9,16-18,20H,7-8,10-13,22H2/t16?,17-,18+,20-/m1/s1. The molecule has 0 saturated carbocycles. The average Bonchev–Trinajstić information content (AvgIpc) is 2.91. The topological polar surface area (TPSA) is 60.6 Å². The number of fused-ring (bicyclic) bond motifs is 3. The van der Waals surface area contributed by atoms with Crippen molar-refractivity contribution < 1.29 is 9.47 Å². The molecule has 26 heavy (non-hydrogen) atoms. The maximum Gasteiger partial charge on any atom is 0.257 e. The van der Waals surface area contributed by atoms with Crippen LogP contribution in [0.4, 0.5) is 0 Å². The lowest BCUT2D eigenvalue weighted by Gasteiger charge is -2.37. The van der Waals surface area contributed by atoms with Crippen molar-refractivity contribution in [3.05, 3.63) is 53.7 Å². The van der Waals surface area contributed by atoms with Gasteiger partial charge in [-0.1, -0.05) is 24.3 Å². The zero-order valence-electron chi connectivity index (χ0n) is 14.9. The summed E-state index contributed by atoms with van der Waals surface area (Å²) in [6, 6.07) is 14.2. The van der Waals surface area contributed by atoms with E-state index in [1.54, 1.807) is 6.20 Å². The maximum atomic E-state index is 6.19. The number of pyridine rings is 1. The molecule has 5 rings (SSSR count). The minimum Gasteiger partial charge on any atom is -0.484 e. The summed E-state index contributed by atoms with van der Waals surface area (Å²) in [6.07, 6.45) is 6.52. The van der Waals surface area contributed by atoms with E-state index in [9.17, 15) is 0 Å². The van der Waals surface area contributed by atoms with Gasteiger partial charge < -0.3 is 15.2 Å². The van der Waals surface area contributed by atoms with Gasteiger partial charge in [0.2, 0.25) is 0 Å². The summed E-state index contributed by atoms with van der Waals surface area (Å²) in [5, 5.41) is 0. The Morgan fingerprint density at radius 3 is 2.62 bits per heavy atom. The summed E-state index contributed by atoms with van der Waals surface area (Å²) in [6.45, 7) is 1.54. The summed E-state index contributed by atoms with van der Waals surface area (Å²) in [5.41, 5.74) is 8.68. The summed E-state index contributed by atoms with van der Waals surface area (Å²) >= 11 is 0. The summed E-state index contributed by atoms with van der Waals surface area (Å²) < 4.78 is 11.8. The smallest absolute Gasteiger partial charge is 0.257 e. The van der Waals surface area contributed by atoms with Crippen LogP contribution in [0.25, 0.3) is 0 Å². The van der Waals surface area contributed by atoms with Crippen molar-refractivity contribution in [1.82, 2.24) is 9.88 Å². The van der Waals surface area contributed by atoms with E-state index in [-0.39, 0.29) is 6.10 Å². The molecule has 2 N–H and O–H groups in total. The lowest BCUT2D eigenvalue weighted by atomic mass is 9.97. The minimum atomic E-state index is -0.101. The Morgan fingerprint density at radius 1 is 1.08 bits per heavy atom. The summed E-state index contributed by atoms with van der Waals surface area (Å²) in [7, 11) is 0. The second-order valence-electron chi connectivity index (χ2n) is 7.75. The molecule has 4 atom stereocenters. The number of nitrogens with zero attached hydrogens (tertiary/aromatic N) is 2.